The number of pyridine rings is 1. The maximum absolute atomic E-state index is 11.8. The van der Waals surface area contributed by atoms with Crippen LogP contribution in [-0.4, -0.2) is 18.5 Å². The Morgan fingerprint density at radius 3 is 2.73 bits per heavy atom. The molecule has 114 valence electrons. The Bertz CT molecular complexity index is 713. The van der Waals surface area contributed by atoms with Gasteiger partial charge in [0, 0.05) is 17.8 Å². The third-order valence-corrected chi connectivity index (χ3v) is 3.03. The molecule has 1 amide bonds. The van der Waals surface area contributed by atoms with Gasteiger partial charge < -0.3 is 15.3 Å². The van der Waals surface area contributed by atoms with Crippen molar-refractivity contribution in [2.45, 2.75) is 13.8 Å². The predicted octanol–water partition coefficient (Wildman–Crippen LogP) is 1.73. The standard InChI is InChI=1S/C16H16N2O4/c1-11-6-7-12(2)13(9-11)17-15(19)10-22-16(20)14-5-3-4-8-18(14)21/h3-9H,10H2,1-2H3,(H,17,19). The summed E-state index contributed by atoms with van der Waals surface area (Å²) in [6, 6.07) is 10.0. The summed E-state index contributed by atoms with van der Waals surface area (Å²) in [4.78, 5) is 23.5. The van der Waals surface area contributed by atoms with E-state index >= 15 is 0 Å². The molecule has 2 rings (SSSR count). The number of aromatic nitrogens is 1. The lowest BCUT2D eigenvalue weighted by Crippen LogP contribution is -2.35. The van der Waals surface area contributed by atoms with E-state index in [-0.39, 0.29) is 5.69 Å². The highest BCUT2D eigenvalue weighted by Gasteiger charge is 2.18. The van der Waals surface area contributed by atoms with Gasteiger partial charge in [0.05, 0.1) is 0 Å². The molecule has 0 unspecified atom stereocenters. The van der Waals surface area contributed by atoms with E-state index < -0.39 is 18.5 Å². The van der Waals surface area contributed by atoms with Gasteiger partial charge in [-0.3, -0.25) is 4.79 Å². The van der Waals surface area contributed by atoms with E-state index in [1.165, 1.54) is 18.3 Å². The largest absolute Gasteiger partial charge is 0.618 e. The fourth-order valence-electron chi connectivity index (χ4n) is 1.85. The van der Waals surface area contributed by atoms with Gasteiger partial charge >= 0.3 is 11.7 Å². The fraction of sp³-hybridized carbons (Fsp3) is 0.188. The Morgan fingerprint density at radius 1 is 1.23 bits per heavy atom. The summed E-state index contributed by atoms with van der Waals surface area (Å²) in [5, 5.41) is 14.1. The molecule has 0 aliphatic rings. The van der Waals surface area contributed by atoms with E-state index in [2.05, 4.69) is 5.32 Å². The molecule has 6 nitrogen and oxygen atoms in total. The normalized spacial score (nSPS) is 10.1. The zero-order chi connectivity index (χ0) is 16.1. The van der Waals surface area contributed by atoms with Crippen molar-refractivity contribution in [1.29, 1.82) is 0 Å². The van der Waals surface area contributed by atoms with Crippen LogP contribution in [-0.2, 0) is 9.53 Å². The average Bonchev–Trinajstić information content (AvgIpc) is 2.49. The molecule has 0 saturated carbocycles. The van der Waals surface area contributed by atoms with Crippen LogP contribution < -0.4 is 10.0 Å². The minimum atomic E-state index is -0.841. The van der Waals surface area contributed by atoms with Crippen LogP contribution >= 0.6 is 0 Å². The van der Waals surface area contributed by atoms with Gasteiger partial charge in [0.1, 0.15) is 0 Å². The molecule has 0 bridgehead atoms. The summed E-state index contributed by atoms with van der Waals surface area (Å²) in [5.74, 6) is -1.30. The number of hydrogen-bond donors (Lipinski definition) is 1. The molecule has 0 fully saturated rings. The number of carbonyl (C=O) groups is 2. The van der Waals surface area contributed by atoms with Crippen LogP contribution in [0.4, 0.5) is 5.69 Å². The van der Waals surface area contributed by atoms with Crippen LogP contribution in [0.2, 0.25) is 0 Å². The molecule has 1 aromatic carbocycles. The second kappa shape index (κ2) is 6.71. The molecule has 1 aromatic heterocycles. The van der Waals surface area contributed by atoms with E-state index in [0.717, 1.165) is 11.1 Å². The molecule has 2 aromatic rings. The summed E-state index contributed by atoms with van der Waals surface area (Å²) < 4.78 is 5.24. The second-order valence-corrected chi connectivity index (χ2v) is 4.85. The third-order valence-electron chi connectivity index (χ3n) is 3.03. The minimum Gasteiger partial charge on any atom is -0.618 e. The van der Waals surface area contributed by atoms with Crippen molar-refractivity contribution in [2.24, 2.45) is 0 Å². The van der Waals surface area contributed by atoms with Gasteiger partial charge in [0.2, 0.25) is 0 Å². The second-order valence-electron chi connectivity index (χ2n) is 4.85. The van der Waals surface area contributed by atoms with Gasteiger partial charge in [-0.25, -0.2) is 4.79 Å². The molecule has 0 aliphatic carbocycles. The Labute approximate surface area is 127 Å². The number of amides is 1. The van der Waals surface area contributed by atoms with Gasteiger partial charge in [-0.1, -0.05) is 12.1 Å². The van der Waals surface area contributed by atoms with E-state index in [9.17, 15) is 14.8 Å². The number of nitrogens with one attached hydrogen (secondary N) is 1. The molecule has 0 radical (unpaired) electrons. The lowest BCUT2D eigenvalue weighted by atomic mass is 10.1. The van der Waals surface area contributed by atoms with Crippen LogP contribution in [0.25, 0.3) is 0 Å². The van der Waals surface area contributed by atoms with Crippen molar-refractivity contribution >= 4 is 17.6 Å². The number of aryl methyl sites for hydroxylation is 2. The van der Waals surface area contributed by atoms with Crippen molar-refractivity contribution < 1.29 is 19.1 Å². The van der Waals surface area contributed by atoms with Gasteiger partial charge in [0.25, 0.3) is 5.91 Å². The van der Waals surface area contributed by atoms with Gasteiger partial charge in [-0.05, 0) is 37.1 Å². The Balaban J connectivity index is 1.94. The molecule has 1 N–H and O–H groups in total. The van der Waals surface area contributed by atoms with Crippen molar-refractivity contribution in [3.05, 3.63) is 64.6 Å². The lowest BCUT2D eigenvalue weighted by Gasteiger charge is -2.09. The molecular formula is C16H16N2O4. The number of esters is 1. The summed E-state index contributed by atoms with van der Waals surface area (Å²) >= 11 is 0. The third kappa shape index (κ3) is 3.82. The molecule has 0 saturated heterocycles. The van der Waals surface area contributed by atoms with E-state index in [0.29, 0.717) is 10.4 Å². The highest BCUT2D eigenvalue weighted by molar-refractivity contribution is 5.95. The van der Waals surface area contributed by atoms with Crippen LogP contribution in [0.1, 0.15) is 21.6 Å². The fourth-order valence-corrected chi connectivity index (χ4v) is 1.85. The number of anilines is 1. The van der Waals surface area contributed by atoms with Crippen molar-refractivity contribution in [3.63, 3.8) is 0 Å². The zero-order valence-corrected chi connectivity index (χ0v) is 12.3. The smallest absolute Gasteiger partial charge is 0.405 e. The number of rotatable bonds is 4. The first-order valence-corrected chi connectivity index (χ1v) is 6.70. The first-order chi connectivity index (χ1) is 10.5. The van der Waals surface area contributed by atoms with Crippen LogP contribution in [0.3, 0.4) is 0 Å². The molecule has 1 heterocycles. The first-order valence-electron chi connectivity index (χ1n) is 6.70. The summed E-state index contributed by atoms with van der Waals surface area (Å²) in [6.45, 7) is 3.32. The van der Waals surface area contributed by atoms with E-state index in [1.54, 1.807) is 6.07 Å². The average molecular weight is 300 g/mol. The zero-order valence-electron chi connectivity index (χ0n) is 12.3. The van der Waals surface area contributed by atoms with E-state index in [4.69, 9.17) is 4.74 Å². The number of nitrogens with zero attached hydrogens (tertiary/aromatic N) is 1. The SMILES string of the molecule is Cc1ccc(C)c(NC(=O)COC(=O)c2cccc[n+]2[O-])c1. The summed E-state index contributed by atoms with van der Waals surface area (Å²) in [7, 11) is 0. The van der Waals surface area contributed by atoms with Crippen molar-refractivity contribution in [1.82, 2.24) is 0 Å². The Hall–Kier alpha value is -2.89. The van der Waals surface area contributed by atoms with Crippen LogP contribution in [0.15, 0.2) is 42.6 Å². The molecule has 22 heavy (non-hydrogen) atoms. The van der Waals surface area contributed by atoms with Gasteiger partial charge in [-0.2, -0.15) is 4.73 Å². The molecule has 6 heteroatoms. The quantitative estimate of drug-likeness (QED) is 0.529. The summed E-state index contributed by atoms with van der Waals surface area (Å²) in [6.07, 6.45) is 1.19. The molecule has 0 atom stereocenters. The van der Waals surface area contributed by atoms with Gasteiger partial charge in [0.15, 0.2) is 12.8 Å². The summed E-state index contributed by atoms with van der Waals surface area (Å²) in [5.41, 5.74) is 2.42. The number of ether oxygens (including phenoxy) is 1. The first kappa shape index (κ1) is 15.5. The lowest BCUT2D eigenvalue weighted by molar-refractivity contribution is -0.608. The molecule has 0 spiro atoms. The predicted molar refractivity (Wildman–Crippen MR) is 80.2 cm³/mol. The van der Waals surface area contributed by atoms with Crippen LogP contribution in [0, 0.1) is 19.1 Å². The minimum absolute atomic E-state index is 0.165. The van der Waals surface area contributed by atoms with Crippen molar-refractivity contribution in [3.8, 4) is 0 Å². The Kier molecular flexibility index (Phi) is 4.73. The number of benzene rings is 1. The number of carbonyl (C=O) groups excluding carboxylic acids is 2. The van der Waals surface area contributed by atoms with E-state index in [1.807, 2.05) is 32.0 Å². The highest BCUT2D eigenvalue weighted by Crippen LogP contribution is 2.16. The van der Waals surface area contributed by atoms with Crippen molar-refractivity contribution in [2.75, 3.05) is 11.9 Å². The Morgan fingerprint density at radius 2 is 2.00 bits per heavy atom. The topological polar surface area (TPSA) is 82.3 Å². The van der Waals surface area contributed by atoms with Crippen LogP contribution in [0.5, 0.6) is 0 Å². The maximum atomic E-state index is 11.8. The monoisotopic (exact) mass is 300 g/mol. The van der Waals surface area contributed by atoms with Gasteiger partial charge in [-0.15, -0.1) is 0 Å². The molecule has 0 aliphatic heterocycles. The highest BCUT2D eigenvalue weighted by atomic mass is 16.5. The number of hydrogen-bond acceptors (Lipinski definition) is 4. The molecular weight excluding hydrogens is 284 g/mol. The maximum Gasteiger partial charge on any atom is 0.405 e.